The van der Waals surface area contributed by atoms with Crippen LogP contribution in [-0.2, 0) is 20.7 Å². The molecule has 0 spiro atoms. The third kappa shape index (κ3) is 5.28. The molecule has 126 valence electrons. The Kier molecular flexibility index (Phi) is 6.21. The molecule has 0 unspecified atom stereocenters. The van der Waals surface area contributed by atoms with Crippen LogP contribution in [-0.4, -0.2) is 24.1 Å². The molecular weight excluding hydrogens is 330 g/mol. The van der Waals surface area contributed by atoms with Gasteiger partial charge in [-0.2, -0.15) is 0 Å². The number of rotatable bonds is 6. The number of nitrogens with one attached hydrogen (secondary N) is 1. The Balaban J connectivity index is 2.10. The van der Waals surface area contributed by atoms with E-state index < -0.39 is 12.0 Å². The molecule has 1 atom stereocenters. The van der Waals surface area contributed by atoms with Gasteiger partial charge in [0, 0.05) is 5.02 Å². The van der Waals surface area contributed by atoms with Crippen LogP contribution in [0.25, 0.3) is 0 Å². The van der Waals surface area contributed by atoms with Crippen molar-refractivity contribution in [3.05, 3.63) is 64.7 Å². The number of aromatic hydroxyl groups is 1. The van der Waals surface area contributed by atoms with E-state index in [1.165, 1.54) is 19.2 Å². The Labute approximate surface area is 145 Å². The lowest BCUT2D eigenvalue weighted by Crippen LogP contribution is -2.31. The van der Waals surface area contributed by atoms with Gasteiger partial charge in [0.1, 0.15) is 5.75 Å². The van der Waals surface area contributed by atoms with Crippen molar-refractivity contribution in [2.45, 2.75) is 18.9 Å². The van der Waals surface area contributed by atoms with Crippen molar-refractivity contribution in [1.82, 2.24) is 5.32 Å². The number of methoxy groups -OCH3 is 1. The third-order valence-electron chi connectivity index (χ3n) is 3.48. The molecule has 0 radical (unpaired) electrons. The lowest BCUT2D eigenvalue weighted by molar-refractivity contribution is -0.141. The summed E-state index contributed by atoms with van der Waals surface area (Å²) >= 11 is 5.87. The second kappa shape index (κ2) is 8.36. The molecule has 2 aromatic rings. The molecule has 0 aliphatic heterocycles. The molecule has 0 fully saturated rings. The monoisotopic (exact) mass is 347 g/mol. The summed E-state index contributed by atoms with van der Waals surface area (Å²) in [4.78, 5) is 23.9. The first kappa shape index (κ1) is 17.8. The van der Waals surface area contributed by atoms with Crippen molar-refractivity contribution in [2.24, 2.45) is 0 Å². The van der Waals surface area contributed by atoms with Gasteiger partial charge in [0.05, 0.1) is 26.0 Å². The number of halogens is 1. The van der Waals surface area contributed by atoms with Gasteiger partial charge in [0.25, 0.3) is 0 Å². The van der Waals surface area contributed by atoms with E-state index in [1.807, 2.05) is 0 Å². The fourth-order valence-corrected chi connectivity index (χ4v) is 2.42. The maximum atomic E-state index is 12.3. The van der Waals surface area contributed by atoms with Crippen molar-refractivity contribution < 1.29 is 19.4 Å². The van der Waals surface area contributed by atoms with Crippen LogP contribution in [0.4, 0.5) is 0 Å². The molecule has 0 aliphatic rings. The number of carbonyl (C=O) groups is 2. The summed E-state index contributed by atoms with van der Waals surface area (Å²) in [5.74, 6) is -0.582. The van der Waals surface area contributed by atoms with E-state index >= 15 is 0 Å². The summed E-state index contributed by atoms with van der Waals surface area (Å²) in [6.07, 6.45) is 0.115. The highest BCUT2D eigenvalue weighted by Gasteiger charge is 2.19. The molecular formula is C18H18ClNO4. The number of hydrogen-bond acceptors (Lipinski definition) is 4. The first-order valence-electron chi connectivity index (χ1n) is 7.37. The van der Waals surface area contributed by atoms with Gasteiger partial charge in [0.15, 0.2) is 0 Å². The summed E-state index contributed by atoms with van der Waals surface area (Å²) in [7, 11) is 1.30. The van der Waals surface area contributed by atoms with Gasteiger partial charge < -0.3 is 15.2 Å². The van der Waals surface area contributed by atoms with Crippen LogP contribution < -0.4 is 5.32 Å². The maximum Gasteiger partial charge on any atom is 0.307 e. The van der Waals surface area contributed by atoms with E-state index in [4.69, 9.17) is 16.3 Å². The lowest BCUT2D eigenvalue weighted by Gasteiger charge is -2.18. The minimum absolute atomic E-state index is 0.0178. The first-order valence-corrected chi connectivity index (χ1v) is 7.75. The molecule has 0 heterocycles. The quantitative estimate of drug-likeness (QED) is 0.788. The minimum Gasteiger partial charge on any atom is -0.508 e. The van der Waals surface area contributed by atoms with Crippen LogP contribution in [0.1, 0.15) is 23.6 Å². The lowest BCUT2D eigenvalue weighted by atomic mass is 10.0. The van der Waals surface area contributed by atoms with Crippen molar-refractivity contribution in [3.63, 3.8) is 0 Å². The Morgan fingerprint density at radius 1 is 1.21 bits per heavy atom. The van der Waals surface area contributed by atoms with Gasteiger partial charge in [-0.25, -0.2) is 0 Å². The Morgan fingerprint density at radius 2 is 1.92 bits per heavy atom. The van der Waals surface area contributed by atoms with Crippen LogP contribution in [0.5, 0.6) is 5.75 Å². The zero-order valence-electron chi connectivity index (χ0n) is 13.2. The number of ether oxygens (including phenoxy) is 1. The highest BCUT2D eigenvalue weighted by atomic mass is 35.5. The summed E-state index contributed by atoms with van der Waals surface area (Å²) < 4.78 is 4.69. The van der Waals surface area contributed by atoms with Crippen molar-refractivity contribution in [3.8, 4) is 5.75 Å². The van der Waals surface area contributed by atoms with Crippen LogP contribution in [0.15, 0.2) is 48.5 Å². The molecule has 2 aromatic carbocycles. The zero-order valence-corrected chi connectivity index (χ0v) is 13.9. The standard InChI is InChI=1S/C18H18ClNO4/c1-24-18(23)11-16(13-5-7-14(19)8-6-13)20-17(22)10-12-3-2-4-15(21)9-12/h2-9,16,21H,10-11H2,1H3,(H,20,22)/t16-/m1/s1. The van der Waals surface area contributed by atoms with Crippen LogP contribution in [0, 0.1) is 0 Å². The molecule has 24 heavy (non-hydrogen) atoms. The Hall–Kier alpha value is -2.53. The Morgan fingerprint density at radius 3 is 2.54 bits per heavy atom. The predicted molar refractivity (Wildman–Crippen MR) is 90.8 cm³/mol. The van der Waals surface area contributed by atoms with Gasteiger partial charge in [-0.15, -0.1) is 0 Å². The van der Waals surface area contributed by atoms with Crippen molar-refractivity contribution >= 4 is 23.5 Å². The molecule has 0 bridgehead atoms. The van der Waals surface area contributed by atoms with Gasteiger partial charge in [0.2, 0.25) is 5.91 Å². The molecule has 1 amide bonds. The van der Waals surface area contributed by atoms with E-state index in [-0.39, 0.29) is 24.5 Å². The molecule has 0 aromatic heterocycles. The van der Waals surface area contributed by atoms with Gasteiger partial charge in [-0.3, -0.25) is 9.59 Å². The normalized spacial score (nSPS) is 11.6. The van der Waals surface area contributed by atoms with Gasteiger partial charge >= 0.3 is 5.97 Å². The van der Waals surface area contributed by atoms with Crippen LogP contribution in [0.2, 0.25) is 5.02 Å². The van der Waals surface area contributed by atoms with E-state index in [1.54, 1.807) is 36.4 Å². The largest absolute Gasteiger partial charge is 0.508 e. The number of phenolic OH excluding ortho intramolecular Hbond substituents is 1. The molecule has 5 nitrogen and oxygen atoms in total. The molecule has 2 rings (SSSR count). The van der Waals surface area contributed by atoms with E-state index in [2.05, 4.69) is 5.32 Å². The predicted octanol–water partition coefficient (Wildman–Crippen LogP) is 3.01. The number of phenols is 1. The topological polar surface area (TPSA) is 75.6 Å². The second-order valence-electron chi connectivity index (χ2n) is 5.30. The summed E-state index contributed by atoms with van der Waals surface area (Å²) in [5, 5.41) is 12.8. The molecule has 0 aliphatic carbocycles. The van der Waals surface area contributed by atoms with Crippen molar-refractivity contribution in [2.75, 3.05) is 7.11 Å². The summed E-state index contributed by atoms with van der Waals surface area (Å²) in [6, 6.07) is 12.9. The fraction of sp³-hybridized carbons (Fsp3) is 0.222. The number of hydrogen-bond donors (Lipinski definition) is 2. The number of benzene rings is 2. The zero-order chi connectivity index (χ0) is 17.5. The molecule has 2 N–H and O–H groups in total. The highest BCUT2D eigenvalue weighted by Crippen LogP contribution is 2.20. The molecule has 0 saturated heterocycles. The Bertz CT molecular complexity index is 715. The average Bonchev–Trinajstić information content (AvgIpc) is 2.54. The molecule has 0 saturated carbocycles. The smallest absolute Gasteiger partial charge is 0.307 e. The maximum absolute atomic E-state index is 12.3. The van der Waals surface area contributed by atoms with Crippen molar-refractivity contribution in [1.29, 1.82) is 0 Å². The van der Waals surface area contributed by atoms with E-state index in [0.717, 1.165) is 5.56 Å². The van der Waals surface area contributed by atoms with E-state index in [0.29, 0.717) is 10.6 Å². The molecule has 6 heteroatoms. The summed E-state index contributed by atoms with van der Waals surface area (Å²) in [6.45, 7) is 0. The van der Waals surface area contributed by atoms with Gasteiger partial charge in [-0.1, -0.05) is 35.9 Å². The summed E-state index contributed by atoms with van der Waals surface area (Å²) in [5.41, 5.74) is 1.44. The minimum atomic E-state index is -0.514. The van der Waals surface area contributed by atoms with E-state index in [9.17, 15) is 14.7 Å². The highest BCUT2D eigenvalue weighted by molar-refractivity contribution is 6.30. The van der Waals surface area contributed by atoms with Crippen LogP contribution >= 0.6 is 11.6 Å². The second-order valence-corrected chi connectivity index (χ2v) is 5.74. The number of esters is 1. The fourth-order valence-electron chi connectivity index (χ4n) is 2.29. The number of carbonyl (C=O) groups excluding carboxylic acids is 2. The third-order valence-corrected chi connectivity index (χ3v) is 3.73. The average molecular weight is 348 g/mol. The number of amides is 1. The SMILES string of the molecule is COC(=O)C[C@@H](NC(=O)Cc1cccc(O)c1)c1ccc(Cl)cc1. The van der Waals surface area contributed by atoms with Gasteiger partial charge in [-0.05, 0) is 35.4 Å². The first-order chi connectivity index (χ1) is 11.5. The van der Waals surface area contributed by atoms with Crippen LogP contribution in [0.3, 0.4) is 0 Å².